The van der Waals surface area contributed by atoms with Crippen molar-refractivity contribution in [2.45, 2.75) is 18.9 Å². The maximum atomic E-state index is 4.37. The van der Waals surface area contributed by atoms with Crippen LogP contribution in [-0.2, 0) is 0 Å². The summed E-state index contributed by atoms with van der Waals surface area (Å²) in [5.74, 6) is 0.854. The molecule has 0 saturated carbocycles. The third kappa shape index (κ3) is 1.42. The van der Waals surface area contributed by atoms with Gasteiger partial charge in [0.25, 0.3) is 0 Å². The third-order valence-corrected chi connectivity index (χ3v) is 4.12. The fourth-order valence-electron chi connectivity index (χ4n) is 2.58. The predicted molar refractivity (Wildman–Crippen MR) is 58.8 cm³/mol. The SMILES string of the molecule is c1csc(N2C[C@@H]3CCCN[C@@H]3C2)n1. The highest BCUT2D eigenvalue weighted by Gasteiger charge is 2.34. The van der Waals surface area contributed by atoms with Crippen molar-refractivity contribution in [1.29, 1.82) is 0 Å². The Bertz CT molecular complexity index is 284. The number of nitrogens with zero attached hydrogens (tertiary/aromatic N) is 2. The number of thiazole rings is 1. The molecule has 1 aromatic rings. The standard InChI is InChI=1S/C10H15N3S/c1-2-8-6-13(7-9(8)11-3-1)10-12-4-5-14-10/h4-5,8-9,11H,1-3,6-7H2/t8-,9+/m0/s1. The van der Waals surface area contributed by atoms with Gasteiger partial charge < -0.3 is 10.2 Å². The Labute approximate surface area is 88.1 Å². The van der Waals surface area contributed by atoms with E-state index in [1.54, 1.807) is 11.3 Å². The Balaban J connectivity index is 1.74. The minimum Gasteiger partial charge on any atom is -0.346 e. The van der Waals surface area contributed by atoms with Gasteiger partial charge in [0.15, 0.2) is 5.13 Å². The van der Waals surface area contributed by atoms with Crippen molar-refractivity contribution in [2.24, 2.45) is 5.92 Å². The molecule has 0 amide bonds. The largest absolute Gasteiger partial charge is 0.346 e. The number of aromatic nitrogens is 1. The van der Waals surface area contributed by atoms with Crippen LogP contribution in [0.3, 0.4) is 0 Å². The highest BCUT2D eigenvalue weighted by Crippen LogP contribution is 2.29. The van der Waals surface area contributed by atoms with Crippen LogP contribution in [-0.4, -0.2) is 30.7 Å². The molecule has 2 atom stereocenters. The molecule has 0 unspecified atom stereocenters. The van der Waals surface area contributed by atoms with E-state index in [0.717, 1.165) is 12.5 Å². The van der Waals surface area contributed by atoms with Crippen molar-refractivity contribution in [2.75, 3.05) is 24.5 Å². The number of rotatable bonds is 1. The predicted octanol–water partition coefficient (Wildman–Crippen LogP) is 1.33. The van der Waals surface area contributed by atoms with Crippen LogP contribution in [0.15, 0.2) is 11.6 Å². The molecule has 0 aliphatic carbocycles. The topological polar surface area (TPSA) is 28.2 Å². The molecule has 14 heavy (non-hydrogen) atoms. The van der Waals surface area contributed by atoms with Gasteiger partial charge in [0, 0.05) is 30.7 Å². The van der Waals surface area contributed by atoms with E-state index in [-0.39, 0.29) is 0 Å². The van der Waals surface area contributed by atoms with Gasteiger partial charge in [-0.05, 0) is 25.3 Å². The van der Waals surface area contributed by atoms with Crippen molar-refractivity contribution < 1.29 is 0 Å². The first-order valence-corrected chi connectivity index (χ1v) is 6.19. The van der Waals surface area contributed by atoms with Crippen molar-refractivity contribution >= 4 is 16.5 Å². The minimum absolute atomic E-state index is 0.715. The van der Waals surface area contributed by atoms with Crippen LogP contribution >= 0.6 is 11.3 Å². The maximum Gasteiger partial charge on any atom is 0.185 e. The molecule has 4 heteroatoms. The van der Waals surface area contributed by atoms with Crippen LogP contribution in [0.1, 0.15) is 12.8 Å². The van der Waals surface area contributed by atoms with Gasteiger partial charge in [-0.25, -0.2) is 4.98 Å². The highest BCUT2D eigenvalue weighted by atomic mass is 32.1. The number of hydrogen-bond acceptors (Lipinski definition) is 4. The summed E-state index contributed by atoms with van der Waals surface area (Å²) in [5, 5.41) is 6.86. The van der Waals surface area contributed by atoms with Crippen LogP contribution in [0.4, 0.5) is 5.13 Å². The quantitative estimate of drug-likeness (QED) is 0.756. The summed E-state index contributed by atoms with van der Waals surface area (Å²) in [4.78, 5) is 6.80. The number of nitrogens with one attached hydrogen (secondary N) is 1. The monoisotopic (exact) mass is 209 g/mol. The Morgan fingerprint density at radius 3 is 3.29 bits per heavy atom. The number of hydrogen-bond donors (Lipinski definition) is 1. The van der Waals surface area contributed by atoms with Crippen molar-refractivity contribution in [1.82, 2.24) is 10.3 Å². The van der Waals surface area contributed by atoms with E-state index in [2.05, 4.69) is 20.6 Å². The number of fused-ring (bicyclic) bond motifs is 1. The summed E-state index contributed by atoms with van der Waals surface area (Å²) in [6, 6.07) is 0.715. The van der Waals surface area contributed by atoms with Gasteiger partial charge in [0.1, 0.15) is 0 Å². The summed E-state index contributed by atoms with van der Waals surface area (Å²) < 4.78 is 0. The molecule has 2 aliphatic heterocycles. The zero-order chi connectivity index (χ0) is 9.38. The van der Waals surface area contributed by atoms with E-state index >= 15 is 0 Å². The molecule has 0 bridgehead atoms. The van der Waals surface area contributed by atoms with E-state index in [1.807, 2.05) is 6.20 Å². The molecule has 0 radical (unpaired) electrons. The second-order valence-electron chi connectivity index (χ2n) is 4.18. The van der Waals surface area contributed by atoms with E-state index in [0.29, 0.717) is 6.04 Å². The molecule has 2 saturated heterocycles. The molecule has 2 fully saturated rings. The molecule has 3 rings (SSSR count). The second-order valence-corrected chi connectivity index (χ2v) is 5.06. The zero-order valence-electron chi connectivity index (χ0n) is 8.15. The Morgan fingerprint density at radius 1 is 1.50 bits per heavy atom. The van der Waals surface area contributed by atoms with Gasteiger partial charge in [0.2, 0.25) is 0 Å². The smallest absolute Gasteiger partial charge is 0.185 e. The Morgan fingerprint density at radius 2 is 2.50 bits per heavy atom. The molecule has 3 heterocycles. The van der Waals surface area contributed by atoms with E-state index in [9.17, 15) is 0 Å². The van der Waals surface area contributed by atoms with E-state index in [4.69, 9.17) is 0 Å². The first-order valence-electron chi connectivity index (χ1n) is 5.31. The lowest BCUT2D eigenvalue weighted by molar-refractivity contribution is 0.340. The molecule has 3 nitrogen and oxygen atoms in total. The van der Waals surface area contributed by atoms with Crippen LogP contribution in [0.5, 0.6) is 0 Å². The van der Waals surface area contributed by atoms with Gasteiger partial charge in [-0.1, -0.05) is 0 Å². The van der Waals surface area contributed by atoms with Gasteiger partial charge in [-0.2, -0.15) is 0 Å². The summed E-state index contributed by atoms with van der Waals surface area (Å²) in [7, 11) is 0. The zero-order valence-corrected chi connectivity index (χ0v) is 8.96. The van der Waals surface area contributed by atoms with Gasteiger partial charge in [0.05, 0.1) is 0 Å². The maximum absolute atomic E-state index is 4.37. The lowest BCUT2D eigenvalue weighted by Gasteiger charge is -2.24. The molecule has 1 N–H and O–H groups in total. The molecule has 1 aromatic heterocycles. The number of piperidine rings is 1. The molecule has 0 aromatic carbocycles. The third-order valence-electron chi connectivity index (χ3n) is 3.29. The Kier molecular flexibility index (Phi) is 2.18. The highest BCUT2D eigenvalue weighted by molar-refractivity contribution is 7.13. The average molecular weight is 209 g/mol. The fourth-order valence-corrected chi connectivity index (χ4v) is 3.24. The first-order chi connectivity index (χ1) is 6.93. The summed E-state index contributed by atoms with van der Waals surface area (Å²) in [6.45, 7) is 3.55. The van der Waals surface area contributed by atoms with E-state index in [1.165, 1.54) is 31.1 Å². The number of anilines is 1. The van der Waals surface area contributed by atoms with Crippen LogP contribution in [0.2, 0.25) is 0 Å². The van der Waals surface area contributed by atoms with Crippen molar-refractivity contribution in [3.63, 3.8) is 0 Å². The van der Waals surface area contributed by atoms with Gasteiger partial charge in [-0.3, -0.25) is 0 Å². The van der Waals surface area contributed by atoms with Gasteiger partial charge >= 0.3 is 0 Å². The molecular weight excluding hydrogens is 194 g/mol. The molecule has 0 spiro atoms. The Hall–Kier alpha value is -0.610. The van der Waals surface area contributed by atoms with Crippen LogP contribution in [0, 0.1) is 5.92 Å². The first kappa shape index (κ1) is 8.68. The van der Waals surface area contributed by atoms with E-state index < -0.39 is 0 Å². The molecule has 2 aliphatic rings. The lowest BCUT2D eigenvalue weighted by atomic mass is 9.94. The van der Waals surface area contributed by atoms with Crippen LogP contribution in [0.25, 0.3) is 0 Å². The average Bonchev–Trinajstić information content (AvgIpc) is 2.86. The molecular formula is C10H15N3S. The summed E-state index contributed by atoms with van der Waals surface area (Å²) in [6.07, 6.45) is 4.63. The molecule has 76 valence electrons. The summed E-state index contributed by atoms with van der Waals surface area (Å²) >= 11 is 1.75. The minimum atomic E-state index is 0.715. The fraction of sp³-hybridized carbons (Fsp3) is 0.700. The second kappa shape index (κ2) is 3.51. The summed E-state index contributed by atoms with van der Waals surface area (Å²) in [5.41, 5.74) is 0. The van der Waals surface area contributed by atoms with Gasteiger partial charge in [-0.15, -0.1) is 11.3 Å². The van der Waals surface area contributed by atoms with Crippen molar-refractivity contribution in [3.05, 3.63) is 11.6 Å². The lowest BCUT2D eigenvalue weighted by Crippen LogP contribution is -2.40. The normalized spacial score (nSPS) is 31.9. The van der Waals surface area contributed by atoms with Crippen molar-refractivity contribution in [3.8, 4) is 0 Å². The van der Waals surface area contributed by atoms with Crippen LogP contribution < -0.4 is 10.2 Å².